The van der Waals surface area contributed by atoms with Crippen molar-refractivity contribution in [3.8, 4) is 5.75 Å². The molecule has 3 nitrogen and oxygen atoms in total. The first-order valence-electron chi connectivity index (χ1n) is 8.03. The van der Waals surface area contributed by atoms with Crippen LogP contribution in [0.1, 0.15) is 32.1 Å². The summed E-state index contributed by atoms with van der Waals surface area (Å²) in [5, 5.41) is 3.59. The normalized spacial score (nSPS) is 22.2. The Morgan fingerprint density at radius 3 is 2.75 bits per heavy atom. The molecule has 0 atom stereocenters. The van der Waals surface area contributed by atoms with Crippen molar-refractivity contribution in [2.45, 2.75) is 37.6 Å². The Morgan fingerprint density at radius 2 is 1.95 bits per heavy atom. The highest BCUT2D eigenvalue weighted by Crippen LogP contribution is 2.36. The highest BCUT2D eigenvalue weighted by atomic mass is 16.5. The molecule has 0 aromatic heterocycles. The maximum absolute atomic E-state index is 5.81. The van der Waals surface area contributed by atoms with Crippen molar-refractivity contribution in [1.82, 2.24) is 10.2 Å². The fraction of sp³-hybridized carbons (Fsp3) is 0.647. The second-order valence-electron chi connectivity index (χ2n) is 6.11. The van der Waals surface area contributed by atoms with Crippen LogP contribution in [-0.2, 0) is 0 Å². The number of hydrogen-bond donors (Lipinski definition) is 1. The lowest BCUT2D eigenvalue weighted by Crippen LogP contribution is -2.60. The topological polar surface area (TPSA) is 24.5 Å². The van der Waals surface area contributed by atoms with Gasteiger partial charge in [0, 0.05) is 31.7 Å². The number of nitrogens with zero attached hydrogens (tertiary/aromatic N) is 1. The van der Waals surface area contributed by atoms with Gasteiger partial charge in [-0.2, -0.15) is 0 Å². The van der Waals surface area contributed by atoms with Gasteiger partial charge >= 0.3 is 0 Å². The SMILES string of the molecule is c1ccc(OCCCN2CCNCC23CCCC3)cc1. The van der Waals surface area contributed by atoms with Crippen LogP contribution in [0.5, 0.6) is 5.75 Å². The summed E-state index contributed by atoms with van der Waals surface area (Å²) in [5.74, 6) is 0.989. The van der Waals surface area contributed by atoms with Crippen LogP contribution in [-0.4, -0.2) is 43.2 Å². The Bertz CT molecular complexity index is 401. The predicted molar refractivity (Wildman–Crippen MR) is 82.2 cm³/mol. The lowest BCUT2D eigenvalue weighted by Gasteiger charge is -2.45. The number of piperazine rings is 1. The lowest BCUT2D eigenvalue weighted by atomic mass is 9.92. The molecule has 1 spiro atoms. The minimum atomic E-state index is 0.463. The molecule has 0 bridgehead atoms. The predicted octanol–water partition coefficient (Wildman–Crippen LogP) is 2.67. The molecule has 1 saturated heterocycles. The van der Waals surface area contributed by atoms with Crippen LogP contribution in [0.4, 0.5) is 0 Å². The third kappa shape index (κ3) is 3.15. The first kappa shape index (κ1) is 13.9. The van der Waals surface area contributed by atoms with E-state index in [4.69, 9.17) is 4.74 Å². The molecule has 1 aromatic carbocycles. The Kier molecular flexibility index (Phi) is 4.58. The van der Waals surface area contributed by atoms with Crippen molar-refractivity contribution in [2.24, 2.45) is 0 Å². The summed E-state index contributed by atoms with van der Waals surface area (Å²) in [6.07, 6.45) is 6.67. The van der Waals surface area contributed by atoms with E-state index in [9.17, 15) is 0 Å². The van der Waals surface area contributed by atoms with E-state index in [1.165, 1.54) is 45.3 Å². The molecule has 110 valence electrons. The molecule has 1 saturated carbocycles. The molecule has 1 N–H and O–H groups in total. The van der Waals surface area contributed by atoms with Crippen molar-refractivity contribution in [1.29, 1.82) is 0 Å². The fourth-order valence-corrected chi connectivity index (χ4v) is 3.72. The van der Waals surface area contributed by atoms with Gasteiger partial charge in [0.05, 0.1) is 6.61 Å². The summed E-state index contributed by atoms with van der Waals surface area (Å²) in [6, 6.07) is 10.1. The van der Waals surface area contributed by atoms with Crippen LogP contribution in [0, 0.1) is 0 Å². The zero-order chi connectivity index (χ0) is 13.7. The van der Waals surface area contributed by atoms with E-state index < -0.39 is 0 Å². The number of rotatable bonds is 5. The van der Waals surface area contributed by atoms with Crippen LogP contribution < -0.4 is 10.1 Å². The van der Waals surface area contributed by atoms with Crippen molar-refractivity contribution >= 4 is 0 Å². The second-order valence-corrected chi connectivity index (χ2v) is 6.11. The minimum absolute atomic E-state index is 0.463. The third-order valence-corrected chi connectivity index (χ3v) is 4.80. The van der Waals surface area contributed by atoms with E-state index >= 15 is 0 Å². The molecular weight excluding hydrogens is 248 g/mol. The van der Waals surface area contributed by atoms with Crippen molar-refractivity contribution in [2.75, 3.05) is 32.8 Å². The van der Waals surface area contributed by atoms with Gasteiger partial charge in [-0.3, -0.25) is 4.90 Å². The molecule has 2 fully saturated rings. The van der Waals surface area contributed by atoms with E-state index in [1.807, 2.05) is 30.3 Å². The standard InChI is InChI=1S/C17H26N2O/c1-2-7-16(8-3-1)20-14-6-12-19-13-11-18-15-17(19)9-4-5-10-17/h1-3,7-8,18H,4-6,9-15H2. The van der Waals surface area contributed by atoms with Crippen molar-refractivity contribution < 1.29 is 4.74 Å². The molecular formula is C17H26N2O. The molecule has 2 aliphatic rings. The number of nitrogens with one attached hydrogen (secondary N) is 1. The lowest BCUT2D eigenvalue weighted by molar-refractivity contribution is 0.0598. The monoisotopic (exact) mass is 274 g/mol. The molecule has 3 rings (SSSR count). The van der Waals surface area contributed by atoms with Crippen molar-refractivity contribution in [3.05, 3.63) is 30.3 Å². The molecule has 1 aliphatic carbocycles. The Morgan fingerprint density at radius 1 is 1.15 bits per heavy atom. The fourth-order valence-electron chi connectivity index (χ4n) is 3.72. The molecule has 1 aromatic rings. The molecule has 0 unspecified atom stereocenters. The number of ether oxygens (including phenoxy) is 1. The Hall–Kier alpha value is -1.06. The smallest absolute Gasteiger partial charge is 0.119 e. The zero-order valence-corrected chi connectivity index (χ0v) is 12.3. The van der Waals surface area contributed by atoms with Gasteiger partial charge in [-0.05, 0) is 31.4 Å². The molecule has 20 heavy (non-hydrogen) atoms. The average molecular weight is 274 g/mol. The first-order chi connectivity index (χ1) is 9.89. The summed E-state index contributed by atoms with van der Waals surface area (Å²) in [6.45, 7) is 5.53. The summed E-state index contributed by atoms with van der Waals surface area (Å²) < 4.78 is 5.81. The van der Waals surface area contributed by atoms with Crippen LogP contribution >= 0.6 is 0 Å². The minimum Gasteiger partial charge on any atom is -0.494 e. The van der Waals surface area contributed by atoms with E-state index in [-0.39, 0.29) is 0 Å². The van der Waals surface area contributed by atoms with Gasteiger partial charge in [0.25, 0.3) is 0 Å². The Balaban J connectivity index is 1.45. The number of para-hydroxylation sites is 1. The molecule has 0 radical (unpaired) electrons. The van der Waals surface area contributed by atoms with E-state index in [2.05, 4.69) is 10.2 Å². The van der Waals surface area contributed by atoms with Gasteiger partial charge in [-0.15, -0.1) is 0 Å². The highest BCUT2D eigenvalue weighted by molar-refractivity contribution is 5.20. The number of hydrogen-bond acceptors (Lipinski definition) is 3. The largest absolute Gasteiger partial charge is 0.494 e. The summed E-state index contributed by atoms with van der Waals surface area (Å²) in [5.41, 5.74) is 0.463. The first-order valence-corrected chi connectivity index (χ1v) is 8.03. The molecule has 3 heteroatoms. The van der Waals surface area contributed by atoms with Crippen LogP contribution in [0.25, 0.3) is 0 Å². The maximum atomic E-state index is 5.81. The van der Waals surface area contributed by atoms with Crippen LogP contribution in [0.2, 0.25) is 0 Å². The Labute approximate surface area is 122 Å². The second kappa shape index (κ2) is 6.59. The van der Waals surface area contributed by atoms with Gasteiger partial charge in [0.2, 0.25) is 0 Å². The summed E-state index contributed by atoms with van der Waals surface area (Å²) in [4.78, 5) is 2.73. The number of benzene rings is 1. The van der Waals surface area contributed by atoms with Gasteiger partial charge in [-0.25, -0.2) is 0 Å². The zero-order valence-electron chi connectivity index (χ0n) is 12.3. The van der Waals surface area contributed by atoms with Crippen LogP contribution in [0.3, 0.4) is 0 Å². The molecule has 1 heterocycles. The molecule has 1 aliphatic heterocycles. The van der Waals surface area contributed by atoms with Crippen molar-refractivity contribution in [3.63, 3.8) is 0 Å². The summed E-state index contributed by atoms with van der Waals surface area (Å²) in [7, 11) is 0. The quantitative estimate of drug-likeness (QED) is 0.836. The van der Waals surface area contributed by atoms with Gasteiger partial charge in [0.1, 0.15) is 5.75 Å². The van der Waals surface area contributed by atoms with Gasteiger partial charge in [-0.1, -0.05) is 31.0 Å². The van der Waals surface area contributed by atoms with E-state index in [0.29, 0.717) is 5.54 Å². The molecule has 0 amide bonds. The van der Waals surface area contributed by atoms with Crippen LogP contribution in [0.15, 0.2) is 30.3 Å². The van der Waals surface area contributed by atoms with Gasteiger partial charge < -0.3 is 10.1 Å². The highest BCUT2D eigenvalue weighted by Gasteiger charge is 2.40. The average Bonchev–Trinajstić information content (AvgIpc) is 2.96. The van der Waals surface area contributed by atoms with E-state index in [1.54, 1.807) is 0 Å². The van der Waals surface area contributed by atoms with E-state index in [0.717, 1.165) is 25.3 Å². The maximum Gasteiger partial charge on any atom is 0.119 e. The third-order valence-electron chi connectivity index (χ3n) is 4.80. The summed E-state index contributed by atoms with van der Waals surface area (Å²) >= 11 is 0. The van der Waals surface area contributed by atoms with Gasteiger partial charge in [0.15, 0.2) is 0 Å².